The van der Waals surface area contributed by atoms with Crippen LogP contribution in [0, 0.1) is 5.82 Å². The second kappa shape index (κ2) is 9.08. The Morgan fingerprint density at radius 3 is 2.52 bits per heavy atom. The van der Waals surface area contributed by atoms with Crippen LogP contribution in [-0.4, -0.2) is 31.8 Å². The first-order valence-corrected chi connectivity index (χ1v) is 10.2. The lowest BCUT2D eigenvalue weighted by Crippen LogP contribution is -2.37. The molecule has 33 heavy (non-hydrogen) atoms. The molecule has 7 heteroatoms. The molecule has 2 amide bonds. The molecule has 0 fully saturated rings. The molecule has 0 aliphatic carbocycles. The van der Waals surface area contributed by atoms with E-state index >= 15 is 0 Å². The summed E-state index contributed by atoms with van der Waals surface area (Å²) in [7, 11) is 3.13. The molecule has 0 aromatic heterocycles. The molecule has 0 spiro atoms. The SMILES string of the molecule is COc1ccc(CNC(=O)c2ccc3c(c2)C(=O)/C(=C/c2cccc(F)c2)C(=O)N3C)cc1. The number of fused-ring (bicyclic) bond motifs is 1. The second-order valence-corrected chi connectivity index (χ2v) is 7.57. The number of methoxy groups -OCH3 is 1. The molecule has 0 saturated heterocycles. The summed E-state index contributed by atoms with van der Waals surface area (Å²) in [5.41, 5.74) is 2.14. The number of carbonyl (C=O) groups excluding carboxylic acids is 3. The van der Waals surface area contributed by atoms with Gasteiger partial charge >= 0.3 is 0 Å². The molecule has 0 bridgehead atoms. The van der Waals surface area contributed by atoms with Crippen LogP contribution in [0.25, 0.3) is 6.08 Å². The fourth-order valence-electron chi connectivity index (χ4n) is 3.60. The van der Waals surface area contributed by atoms with Crippen molar-refractivity contribution in [2.24, 2.45) is 0 Å². The topological polar surface area (TPSA) is 75.7 Å². The number of carbonyl (C=O) groups is 3. The Labute approximate surface area is 190 Å². The van der Waals surface area contributed by atoms with Crippen LogP contribution in [0.2, 0.25) is 0 Å². The van der Waals surface area contributed by atoms with Crippen LogP contribution >= 0.6 is 0 Å². The van der Waals surface area contributed by atoms with Gasteiger partial charge in [0.25, 0.3) is 11.8 Å². The molecular weight excluding hydrogens is 423 g/mol. The number of hydrogen-bond donors (Lipinski definition) is 1. The number of anilines is 1. The Morgan fingerprint density at radius 1 is 1.06 bits per heavy atom. The lowest BCUT2D eigenvalue weighted by atomic mass is 9.92. The summed E-state index contributed by atoms with van der Waals surface area (Å²) in [6.45, 7) is 0.303. The Hall–Kier alpha value is -4.26. The van der Waals surface area contributed by atoms with Gasteiger partial charge in [-0.2, -0.15) is 0 Å². The molecule has 6 nitrogen and oxygen atoms in total. The van der Waals surface area contributed by atoms with Crippen LogP contribution in [0.1, 0.15) is 31.8 Å². The molecule has 1 heterocycles. The number of likely N-dealkylation sites (N-methyl/N-ethyl adjacent to an activating group) is 1. The highest BCUT2D eigenvalue weighted by molar-refractivity contribution is 6.36. The predicted molar refractivity (Wildman–Crippen MR) is 123 cm³/mol. The highest BCUT2D eigenvalue weighted by Gasteiger charge is 2.33. The minimum atomic E-state index is -0.512. The lowest BCUT2D eigenvalue weighted by Gasteiger charge is -2.27. The molecule has 1 N–H and O–H groups in total. The van der Waals surface area contributed by atoms with Gasteiger partial charge in [-0.25, -0.2) is 4.39 Å². The van der Waals surface area contributed by atoms with Crippen molar-refractivity contribution in [3.8, 4) is 5.75 Å². The number of hydrogen-bond acceptors (Lipinski definition) is 4. The Balaban J connectivity index is 1.59. The van der Waals surface area contributed by atoms with Crippen molar-refractivity contribution in [3.63, 3.8) is 0 Å². The molecule has 1 aliphatic heterocycles. The Bertz CT molecular complexity index is 1280. The molecule has 3 aromatic rings. The summed E-state index contributed by atoms with van der Waals surface area (Å²) in [6, 6.07) is 17.6. The van der Waals surface area contributed by atoms with Crippen molar-refractivity contribution in [3.05, 3.63) is 100 Å². The van der Waals surface area contributed by atoms with Gasteiger partial charge in [0.2, 0.25) is 5.78 Å². The van der Waals surface area contributed by atoms with Crippen molar-refractivity contribution in [2.75, 3.05) is 19.1 Å². The molecule has 166 valence electrons. The van der Waals surface area contributed by atoms with Gasteiger partial charge in [-0.3, -0.25) is 14.4 Å². The van der Waals surface area contributed by atoms with E-state index in [1.165, 1.54) is 35.2 Å². The van der Waals surface area contributed by atoms with Gasteiger partial charge in [0.15, 0.2) is 0 Å². The fourth-order valence-corrected chi connectivity index (χ4v) is 3.60. The highest BCUT2D eigenvalue weighted by Crippen LogP contribution is 2.31. The van der Waals surface area contributed by atoms with Crippen LogP contribution < -0.4 is 15.0 Å². The van der Waals surface area contributed by atoms with E-state index in [2.05, 4.69) is 5.32 Å². The maximum Gasteiger partial charge on any atom is 0.262 e. The summed E-state index contributed by atoms with van der Waals surface area (Å²) in [5, 5.41) is 2.82. The summed E-state index contributed by atoms with van der Waals surface area (Å²) >= 11 is 0. The average Bonchev–Trinajstić information content (AvgIpc) is 2.83. The van der Waals surface area contributed by atoms with Crippen LogP contribution in [0.15, 0.2) is 72.3 Å². The van der Waals surface area contributed by atoms with E-state index in [4.69, 9.17) is 4.74 Å². The third-order valence-electron chi connectivity index (χ3n) is 5.42. The summed E-state index contributed by atoms with van der Waals surface area (Å²) < 4.78 is 18.7. The Kier molecular flexibility index (Phi) is 6.04. The third kappa shape index (κ3) is 4.52. The lowest BCUT2D eigenvalue weighted by molar-refractivity contribution is -0.114. The zero-order valence-electron chi connectivity index (χ0n) is 18.1. The third-order valence-corrected chi connectivity index (χ3v) is 5.42. The van der Waals surface area contributed by atoms with E-state index < -0.39 is 17.5 Å². The van der Waals surface area contributed by atoms with Gasteiger partial charge in [-0.15, -0.1) is 0 Å². The van der Waals surface area contributed by atoms with Crippen molar-refractivity contribution in [1.82, 2.24) is 5.32 Å². The number of benzene rings is 3. The first-order chi connectivity index (χ1) is 15.9. The molecule has 0 saturated carbocycles. The molecule has 4 rings (SSSR count). The number of ether oxygens (including phenoxy) is 1. The monoisotopic (exact) mass is 444 g/mol. The number of Topliss-reactive ketones (excluding diaryl/α,β-unsaturated/α-hetero) is 1. The van der Waals surface area contributed by atoms with E-state index in [9.17, 15) is 18.8 Å². The van der Waals surface area contributed by atoms with Crippen molar-refractivity contribution in [2.45, 2.75) is 6.54 Å². The largest absolute Gasteiger partial charge is 0.497 e. The second-order valence-electron chi connectivity index (χ2n) is 7.57. The number of nitrogens with zero attached hydrogens (tertiary/aromatic N) is 1. The summed E-state index contributed by atoms with van der Waals surface area (Å²) in [6.07, 6.45) is 1.36. The number of ketones is 1. The molecule has 3 aromatic carbocycles. The molecule has 0 radical (unpaired) electrons. The van der Waals surface area contributed by atoms with Crippen LogP contribution in [-0.2, 0) is 11.3 Å². The van der Waals surface area contributed by atoms with Crippen molar-refractivity contribution >= 4 is 29.4 Å². The van der Waals surface area contributed by atoms with Gasteiger partial charge in [-0.05, 0) is 59.7 Å². The first kappa shape index (κ1) is 22.0. The Morgan fingerprint density at radius 2 is 1.82 bits per heavy atom. The molecular formula is C26H21FN2O4. The zero-order valence-corrected chi connectivity index (χ0v) is 18.1. The number of amides is 2. The van der Waals surface area contributed by atoms with Gasteiger partial charge in [0, 0.05) is 24.7 Å². The van der Waals surface area contributed by atoms with Crippen LogP contribution in [0.5, 0.6) is 5.75 Å². The average molecular weight is 444 g/mol. The maximum absolute atomic E-state index is 13.5. The zero-order chi connectivity index (χ0) is 23.5. The van der Waals surface area contributed by atoms with Gasteiger partial charge < -0.3 is 15.0 Å². The first-order valence-electron chi connectivity index (χ1n) is 10.2. The standard InChI is InChI=1S/C26H21FN2O4/c1-29-23-11-8-18(25(31)28-15-16-6-9-20(33-2)10-7-16)14-21(23)24(30)22(26(29)32)13-17-4-3-5-19(27)12-17/h3-14H,15H2,1-2H3,(H,28,31)/b22-13-. The van der Waals surface area contributed by atoms with E-state index in [0.717, 1.165) is 11.3 Å². The number of nitrogens with one attached hydrogen (secondary N) is 1. The van der Waals surface area contributed by atoms with Gasteiger partial charge in [0.1, 0.15) is 11.6 Å². The number of rotatable bonds is 5. The van der Waals surface area contributed by atoms with Gasteiger partial charge in [0.05, 0.1) is 18.4 Å². The van der Waals surface area contributed by atoms with E-state index in [0.29, 0.717) is 23.4 Å². The van der Waals surface area contributed by atoms with Crippen LogP contribution in [0.3, 0.4) is 0 Å². The van der Waals surface area contributed by atoms with Crippen molar-refractivity contribution < 1.29 is 23.5 Å². The van der Waals surface area contributed by atoms with E-state index in [1.807, 2.05) is 12.1 Å². The van der Waals surface area contributed by atoms with E-state index in [-0.39, 0.29) is 17.0 Å². The minimum Gasteiger partial charge on any atom is -0.497 e. The highest BCUT2D eigenvalue weighted by atomic mass is 19.1. The maximum atomic E-state index is 13.5. The van der Waals surface area contributed by atoms with Crippen LogP contribution in [0.4, 0.5) is 10.1 Å². The summed E-state index contributed by atoms with van der Waals surface area (Å²) in [5.74, 6) is -1.10. The number of halogens is 1. The molecule has 1 aliphatic rings. The van der Waals surface area contributed by atoms with Gasteiger partial charge in [-0.1, -0.05) is 24.3 Å². The molecule has 0 atom stereocenters. The molecule has 0 unspecified atom stereocenters. The fraction of sp³-hybridized carbons (Fsp3) is 0.115. The smallest absolute Gasteiger partial charge is 0.262 e. The quantitative estimate of drug-likeness (QED) is 0.477. The predicted octanol–water partition coefficient (Wildman–Crippen LogP) is 4.01. The van der Waals surface area contributed by atoms with Crippen molar-refractivity contribution in [1.29, 1.82) is 0 Å². The van der Waals surface area contributed by atoms with E-state index in [1.54, 1.807) is 44.5 Å². The normalized spacial score (nSPS) is 14.3. The minimum absolute atomic E-state index is 0.0913. The summed E-state index contributed by atoms with van der Waals surface area (Å²) in [4.78, 5) is 39.9.